The highest BCUT2D eigenvalue weighted by Crippen LogP contribution is 2.16. The molecule has 1 fully saturated rings. The second-order valence-corrected chi connectivity index (χ2v) is 6.08. The molecular weight excluding hydrogens is 246 g/mol. The molecule has 0 aliphatic carbocycles. The van der Waals surface area contributed by atoms with E-state index < -0.39 is 5.97 Å². The molecule has 110 valence electrons. The molecule has 6 nitrogen and oxygen atoms in total. The van der Waals surface area contributed by atoms with Gasteiger partial charge in [0.25, 0.3) is 5.91 Å². The van der Waals surface area contributed by atoms with Gasteiger partial charge in [-0.1, -0.05) is 20.8 Å². The maximum absolute atomic E-state index is 11.8. The summed E-state index contributed by atoms with van der Waals surface area (Å²) in [4.78, 5) is 26.8. The van der Waals surface area contributed by atoms with Gasteiger partial charge in [-0.25, -0.2) is 0 Å². The van der Waals surface area contributed by atoms with Gasteiger partial charge in [0.15, 0.2) is 6.61 Å². The van der Waals surface area contributed by atoms with Crippen molar-refractivity contribution in [1.82, 2.24) is 9.80 Å². The Labute approximate surface area is 114 Å². The summed E-state index contributed by atoms with van der Waals surface area (Å²) in [6, 6.07) is 0. The highest BCUT2D eigenvalue weighted by atomic mass is 16.5. The van der Waals surface area contributed by atoms with Crippen LogP contribution in [-0.4, -0.2) is 67.6 Å². The summed E-state index contributed by atoms with van der Waals surface area (Å²) in [6.45, 7) is 10.4. The molecule has 0 aromatic rings. The molecule has 0 atom stereocenters. The van der Waals surface area contributed by atoms with Crippen molar-refractivity contribution < 1.29 is 14.3 Å². The maximum Gasteiger partial charge on any atom is 0.320 e. The van der Waals surface area contributed by atoms with E-state index in [-0.39, 0.29) is 24.5 Å². The average Bonchev–Trinajstić information content (AvgIpc) is 2.34. The van der Waals surface area contributed by atoms with Crippen LogP contribution < -0.4 is 5.73 Å². The highest BCUT2D eigenvalue weighted by Gasteiger charge is 2.24. The van der Waals surface area contributed by atoms with Crippen LogP contribution in [0.1, 0.15) is 20.8 Å². The van der Waals surface area contributed by atoms with Crippen LogP contribution in [0.5, 0.6) is 0 Å². The molecule has 0 spiro atoms. The molecule has 1 saturated heterocycles. The Bertz CT molecular complexity index is 318. The number of hydrogen-bond acceptors (Lipinski definition) is 5. The molecule has 0 bridgehead atoms. The van der Waals surface area contributed by atoms with Gasteiger partial charge in [-0.2, -0.15) is 0 Å². The number of carbonyl (C=O) groups excluding carboxylic acids is 2. The van der Waals surface area contributed by atoms with E-state index in [1.54, 1.807) is 4.90 Å². The number of ether oxygens (including phenoxy) is 1. The SMILES string of the molecule is CC(C)(C)CN1CCN(C(=O)COC(=O)CN)CC1. The normalized spacial score (nSPS) is 17.4. The fraction of sp³-hybridized carbons (Fsp3) is 0.846. The fourth-order valence-corrected chi connectivity index (χ4v) is 2.12. The number of esters is 1. The van der Waals surface area contributed by atoms with E-state index in [9.17, 15) is 9.59 Å². The van der Waals surface area contributed by atoms with Crippen molar-refractivity contribution >= 4 is 11.9 Å². The van der Waals surface area contributed by atoms with Crippen molar-refractivity contribution in [1.29, 1.82) is 0 Å². The van der Waals surface area contributed by atoms with Gasteiger partial charge in [-0.15, -0.1) is 0 Å². The second-order valence-electron chi connectivity index (χ2n) is 6.08. The van der Waals surface area contributed by atoms with Gasteiger partial charge in [0, 0.05) is 32.7 Å². The van der Waals surface area contributed by atoms with Gasteiger partial charge in [-0.05, 0) is 5.41 Å². The van der Waals surface area contributed by atoms with Crippen molar-refractivity contribution in [3.05, 3.63) is 0 Å². The molecule has 0 saturated carbocycles. The van der Waals surface area contributed by atoms with Gasteiger partial charge < -0.3 is 15.4 Å². The van der Waals surface area contributed by atoms with Crippen LogP contribution in [0.4, 0.5) is 0 Å². The number of piperazine rings is 1. The third-order valence-electron chi connectivity index (χ3n) is 2.95. The molecule has 2 N–H and O–H groups in total. The molecule has 1 aliphatic heterocycles. The fourth-order valence-electron chi connectivity index (χ4n) is 2.12. The number of nitrogens with two attached hydrogens (primary N) is 1. The number of amides is 1. The summed E-state index contributed by atoms with van der Waals surface area (Å²) in [5.41, 5.74) is 5.37. The van der Waals surface area contributed by atoms with Crippen molar-refractivity contribution in [2.45, 2.75) is 20.8 Å². The zero-order valence-corrected chi connectivity index (χ0v) is 12.1. The molecule has 0 unspecified atom stereocenters. The molecule has 6 heteroatoms. The lowest BCUT2D eigenvalue weighted by atomic mass is 9.96. The number of carbonyl (C=O) groups is 2. The van der Waals surface area contributed by atoms with Crippen molar-refractivity contribution in [2.24, 2.45) is 11.1 Å². The largest absolute Gasteiger partial charge is 0.455 e. The van der Waals surface area contributed by atoms with Gasteiger partial charge >= 0.3 is 5.97 Å². The van der Waals surface area contributed by atoms with Crippen molar-refractivity contribution in [2.75, 3.05) is 45.9 Å². The van der Waals surface area contributed by atoms with Crippen LogP contribution in [0, 0.1) is 5.41 Å². The molecule has 19 heavy (non-hydrogen) atoms. The second kappa shape index (κ2) is 6.86. The third kappa shape index (κ3) is 6.02. The van der Waals surface area contributed by atoms with Crippen LogP contribution in [0.25, 0.3) is 0 Å². The zero-order chi connectivity index (χ0) is 14.5. The average molecular weight is 271 g/mol. The Morgan fingerprint density at radius 1 is 1.16 bits per heavy atom. The van der Waals surface area contributed by atoms with Crippen LogP contribution in [0.15, 0.2) is 0 Å². The number of hydrogen-bond donors (Lipinski definition) is 1. The minimum Gasteiger partial charge on any atom is -0.455 e. The summed E-state index contributed by atoms with van der Waals surface area (Å²) in [5, 5.41) is 0. The van der Waals surface area contributed by atoms with Crippen LogP contribution in [-0.2, 0) is 14.3 Å². The van der Waals surface area contributed by atoms with E-state index in [0.29, 0.717) is 13.1 Å². The van der Waals surface area contributed by atoms with E-state index in [1.165, 1.54) is 0 Å². The summed E-state index contributed by atoms with van der Waals surface area (Å²) in [6.07, 6.45) is 0. The van der Waals surface area contributed by atoms with Crippen LogP contribution >= 0.6 is 0 Å². The van der Waals surface area contributed by atoms with Gasteiger partial charge in [-0.3, -0.25) is 14.5 Å². The van der Waals surface area contributed by atoms with Crippen molar-refractivity contribution in [3.8, 4) is 0 Å². The maximum atomic E-state index is 11.8. The Morgan fingerprint density at radius 3 is 2.21 bits per heavy atom. The van der Waals surface area contributed by atoms with Gasteiger partial charge in [0.05, 0.1) is 6.54 Å². The van der Waals surface area contributed by atoms with E-state index in [1.807, 2.05) is 0 Å². The molecule has 0 aromatic carbocycles. The van der Waals surface area contributed by atoms with E-state index in [2.05, 4.69) is 25.7 Å². The quantitative estimate of drug-likeness (QED) is 0.709. The third-order valence-corrected chi connectivity index (χ3v) is 2.95. The van der Waals surface area contributed by atoms with Crippen molar-refractivity contribution in [3.63, 3.8) is 0 Å². The topological polar surface area (TPSA) is 75.9 Å². The molecule has 0 radical (unpaired) electrons. The number of rotatable bonds is 4. The smallest absolute Gasteiger partial charge is 0.320 e. The lowest BCUT2D eigenvalue weighted by molar-refractivity contribution is -0.151. The standard InChI is InChI=1S/C13H25N3O3/c1-13(2,3)10-15-4-6-16(7-5-15)11(17)9-19-12(18)8-14/h4-10,14H2,1-3H3. The van der Waals surface area contributed by atoms with E-state index in [0.717, 1.165) is 19.6 Å². The Morgan fingerprint density at radius 2 is 1.74 bits per heavy atom. The molecule has 1 aliphatic rings. The molecule has 1 amide bonds. The van der Waals surface area contributed by atoms with Gasteiger partial charge in [0.2, 0.25) is 0 Å². The van der Waals surface area contributed by atoms with Crippen LogP contribution in [0.2, 0.25) is 0 Å². The highest BCUT2D eigenvalue weighted by molar-refractivity contribution is 5.81. The monoisotopic (exact) mass is 271 g/mol. The zero-order valence-electron chi connectivity index (χ0n) is 12.1. The molecule has 0 aromatic heterocycles. The number of nitrogens with zero attached hydrogens (tertiary/aromatic N) is 2. The van der Waals surface area contributed by atoms with Gasteiger partial charge in [0.1, 0.15) is 0 Å². The predicted molar refractivity (Wildman–Crippen MR) is 72.5 cm³/mol. The van der Waals surface area contributed by atoms with E-state index >= 15 is 0 Å². The minimum absolute atomic E-state index is 0.141. The first kappa shape index (κ1) is 15.9. The molecule has 1 rings (SSSR count). The first-order valence-corrected chi connectivity index (χ1v) is 6.67. The first-order valence-electron chi connectivity index (χ1n) is 6.67. The Hall–Kier alpha value is -1.14. The van der Waals surface area contributed by atoms with Crippen LogP contribution in [0.3, 0.4) is 0 Å². The first-order chi connectivity index (χ1) is 8.81. The summed E-state index contributed by atoms with van der Waals surface area (Å²) < 4.78 is 4.74. The minimum atomic E-state index is -0.542. The lowest BCUT2D eigenvalue weighted by Crippen LogP contribution is -2.51. The predicted octanol–water partition coefficient (Wildman–Crippen LogP) is -0.321. The summed E-state index contributed by atoms with van der Waals surface area (Å²) >= 11 is 0. The lowest BCUT2D eigenvalue weighted by Gasteiger charge is -2.37. The summed E-state index contributed by atoms with van der Waals surface area (Å²) in [5.74, 6) is -0.683. The Kier molecular flexibility index (Phi) is 5.75. The summed E-state index contributed by atoms with van der Waals surface area (Å²) in [7, 11) is 0. The molecule has 1 heterocycles. The van der Waals surface area contributed by atoms with E-state index in [4.69, 9.17) is 10.5 Å². The Balaban J connectivity index is 2.29. The molecular formula is C13H25N3O3.